The first kappa shape index (κ1) is 22.5. The van der Waals surface area contributed by atoms with Gasteiger partial charge in [-0.2, -0.15) is 0 Å². The lowest BCUT2D eigenvalue weighted by molar-refractivity contribution is 0.173. The molecule has 8 nitrogen and oxygen atoms in total. The average Bonchev–Trinajstić information content (AvgIpc) is 3.32. The molecule has 2 aromatic carbocycles. The Kier molecular flexibility index (Phi) is 6.54. The zero-order valence-corrected chi connectivity index (χ0v) is 18.4. The van der Waals surface area contributed by atoms with Crippen molar-refractivity contribution in [3.63, 3.8) is 0 Å². The van der Waals surface area contributed by atoms with Gasteiger partial charge < -0.3 is 20.1 Å². The van der Waals surface area contributed by atoms with Gasteiger partial charge in [-0.1, -0.05) is 12.1 Å². The van der Waals surface area contributed by atoms with E-state index < -0.39 is 17.9 Å². The quantitative estimate of drug-likeness (QED) is 0.378. The fourth-order valence-electron chi connectivity index (χ4n) is 3.19. The van der Waals surface area contributed by atoms with Gasteiger partial charge in [0.15, 0.2) is 0 Å². The number of nitrogens with one attached hydrogen (secondary N) is 2. The van der Waals surface area contributed by atoms with E-state index in [9.17, 15) is 14.0 Å². The molecule has 0 saturated heterocycles. The van der Waals surface area contributed by atoms with Crippen LogP contribution in [0, 0.1) is 12.7 Å². The topological polar surface area (TPSA) is 94.5 Å². The van der Waals surface area contributed by atoms with E-state index in [0.29, 0.717) is 28.4 Å². The van der Waals surface area contributed by atoms with Crippen molar-refractivity contribution in [2.75, 3.05) is 17.7 Å². The van der Waals surface area contributed by atoms with E-state index in [0.717, 1.165) is 5.56 Å². The number of hydrogen-bond donors (Lipinski definition) is 2. The zero-order valence-electron chi connectivity index (χ0n) is 18.4. The van der Waals surface area contributed by atoms with Gasteiger partial charge in [0.25, 0.3) is 0 Å². The second-order valence-electron chi connectivity index (χ2n) is 7.35. The van der Waals surface area contributed by atoms with E-state index in [1.165, 1.54) is 17.7 Å². The second-order valence-corrected chi connectivity index (χ2v) is 7.35. The highest BCUT2D eigenvalue weighted by atomic mass is 19.1. The van der Waals surface area contributed by atoms with Crippen LogP contribution in [0.2, 0.25) is 0 Å². The predicted octanol–water partition coefficient (Wildman–Crippen LogP) is 6.05. The Hall–Kier alpha value is -4.66. The van der Waals surface area contributed by atoms with Gasteiger partial charge in [0, 0.05) is 42.0 Å². The number of pyridine rings is 1. The van der Waals surface area contributed by atoms with Crippen LogP contribution in [0.3, 0.4) is 0 Å². The van der Waals surface area contributed by atoms with Crippen LogP contribution in [-0.4, -0.2) is 28.8 Å². The molecule has 0 bridgehead atoms. The lowest BCUT2D eigenvalue weighted by atomic mass is 10.2. The van der Waals surface area contributed by atoms with E-state index in [1.807, 2.05) is 6.92 Å². The predicted molar refractivity (Wildman–Crippen MR) is 126 cm³/mol. The number of urea groups is 1. The number of rotatable bonds is 5. The Bertz CT molecular complexity index is 1350. The minimum Gasteiger partial charge on any atom is -0.457 e. The Morgan fingerprint density at radius 3 is 2.65 bits per heavy atom. The first-order valence-electron chi connectivity index (χ1n) is 10.3. The van der Waals surface area contributed by atoms with Crippen molar-refractivity contribution < 1.29 is 23.5 Å². The van der Waals surface area contributed by atoms with Crippen LogP contribution in [0.15, 0.2) is 79.3 Å². The number of hydrogen-bond acceptors (Lipinski definition) is 5. The molecule has 2 N–H and O–H groups in total. The first-order valence-corrected chi connectivity index (χ1v) is 10.3. The van der Waals surface area contributed by atoms with Crippen molar-refractivity contribution in [3.05, 3.63) is 90.6 Å². The maximum atomic E-state index is 13.9. The number of methoxy groups -OCH3 is 1. The molecule has 9 heteroatoms. The molecule has 2 aromatic heterocycles. The van der Waals surface area contributed by atoms with Gasteiger partial charge in [-0.15, -0.1) is 0 Å². The van der Waals surface area contributed by atoms with Gasteiger partial charge in [0.2, 0.25) is 0 Å². The smallest absolute Gasteiger partial charge is 0.417 e. The molecule has 0 saturated carbocycles. The third kappa shape index (κ3) is 5.39. The molecule has 4 aromatic rings. The summed E-state index contributed by atoms with van der Waals surface area (Å²) in [6.45, 7) is 1.81. The number of amides is 2. The fourth-order valence-corrected chi connectivity index (χ4v) is 3.19. The highest BCUT2D eigenvalue weighted by Gasteiger charge is 2.10. The van der Waals surface area contributed by atoms with Crippen molar-refractivity contribution in [2.24, 2.45) is 0 Å². The number of carbonyl (C=O) groups excluding carboxylic acids is 2. The highest BCUT2D eigenvalue weighted by molar-refractivity contribution is 6.00. The molecular formula is C25H21FN4O4. The molecule has 4 rings (SSSR count). The van der Waals surface area contributed by atoms with E-state index in [-0.39, 0.29) is 5.69 Å². The van der Waals surface area contributed by atoms with Crippen LogP contribution in [0.5, 0.6) is 11.5 Å². The van der Waals surface area contributed by atoms with Gasteiger partial charge in [-0.3, -0.25) is 9.55 Å². The third-order valence-corrected chi connectivity index (χ3v) is 4.80. The van der Waals surface area contributed by atoms with Crippen LogP contribution < -0.4 is 15.4 Å². The molecule has 2 amide bonds. The molecular weight excluding hydrogens is 439 g/mol. The summed E-state index contributed by atoms with van der Waals surface area (Å²) in [6, 6.07) is 15.8. The normalized spacial score (nSPS) is 10.4. The molecule has 0 unspecified atom stereocenters. The van der Waals surface area contributed by atoms with Crippen molar-refractivity contribution >= 4 is 23.5 Å². The maximum Gasteiger partial charge on any atom is 0.417 e. The molecule has 0 fully saturated rings. The van der Waals surface area contributed by atoms with Crippen LogP contribution in [0.1, 0.15) is 5.56 Å². The maximum absolute atomic E-state index is 13.9. The number of carbonyl (C=O) groups is 2. The number of halogens is 1. The van der Waals surface area contributed by atoms with Crippen LogP contribution in [-0.2, 0) is 4.74 Å². The first-order chi connectivity index (χ1) is 16.4. The van der Waals surface area contributed by atoms with E-state index in [4.69, 9.17) is 9.47 Å². The van der Waals surface area contributed by atoms with Crippen molar-refractivity contribution in [2.45, 2.75) is 6.92 Å². The third-order valence-electron chi connectivity index (χ3n) is 4.80. The Morgan fingerprint density at radius 2 is 1.82 bits per heavy atom. The van der Waals surface area contributed by atoms with E-state index >= 15 is 0 Å². The molecule has 0 aliphatic rings. The van der Waals surface area contributed by atoms with E-state index in [1.54, 1.807) is 73.2 Å². The Labute approximate surface area is 195 Å². The summed E-state index contributed by atoms with van der Waals surface area (Å²) in [4.78, 5) is 28.3. The zero-order chi connectivity index (χ0) is 24.1. The summed E-state index contributed by atoms with van der Waals surface area (Å²) in [7, 11) is 1.31. The summed E-state index contributed by atoms with van der Waals surface area (Å²) in [5, 5.41) is 5.16. The second kappa shape index (κ2) is 9.86. The summed E-state index contributed by atoms with van der Waals surface area (Å²) in [6.07, 6.45) is 4.28. The summed E-state index contributed by atoms with van der Waals surface area (Å²) < 4.78 is 25.8. The largest absolute Gasteiger partial charge is 0.457 e. The monoisotopic (exact) mass is 460 g/mol. The number of anilines is 2. The Balaban J connectivity index is 1.45. The Morgan fingerprint density at radius 1 is 1.00 bits per heavy atom. The number of aryl methyl sites for hydroxylation is 1. The van der Waals surface area contributed by atoms with Crippen LogP contribution >= 0.6 is 0 Å². The molecule has 0 atom stereocenters. The lowest BCUT2D eigenvalue weighted by Gasteiger charge is -2.11. The lowest BCUT2D eigenvalue weighted by Crippen LogP contribution is -2.20. The van der Waals surface area contributed by atoms with Gasteiger partial charge in [-0.25, -0.2) is 14.0 Å². The van der Waals surface area contributed by atoms with Gasteiger partial charge >= 0.3 is 12.1 Å². The van der Waals surface area contributed by atoms with E-state index in [2.05, 4.69) is 15.6 Å². The van der Waals surface area contributed by atoms with Gasteiger partial charge in [0.05, 0.1) is 18.5 Å². The minimum atomic E-state index is -0.581. The standard InChI is InChI=1S/C25H21FN4O4/c1-16-6-7-21(26)23(12-16)29-24(31)28-18-4-3-5-19(13-18)34-20-8-10-27-22(14-20)17-9-11-30(15-17)25(32)33-2/h3-15H,1-2H3,(H2,28,29,31). The molecule has 0 aliphatic heterocycles. The van der Waals surface area contributed by atoms with Crippen molar-refractivity contribution in [3.8, 4) is 22.8 Å². The summed E-state index contributed by atoms with van der Waals surface area (Å²) >= 11 is 0. The minimum absolute atomic E-state index is 0.0928. The number of ether oxygens (including phenoxy) is 2. The molecule has 0 radical (unpaired) electrons. The SMILES string of the molecule is COC(=O)n1ccc(-c2cc(Oc3cccc(NC(=O)Nc4cc(C)ccc4F)c3)ccn2)c1. The number of nitrogens with zero attached hydrogens (tertiary/aromatic N) is 2. The van der Waals surface area contributed by atoms with Crippen LogP contribution in [0.25, 0.3) is 11.3 Å². The van der Waals surface area contributed by atoms with Gasteiger partial charge in [0.1, 0.15) is 17.3 Å². The number of aromatic nitrogens is 2. The summed E-state index contributed by atoms with van der Waals surface area (Å²) in [5.41, 5.74) is 2.70. The summed E-state index contributed by atoms with van der Waals surface area (Å²) in [5.74, 6) is 0.469. The molecule has 0 aliphatic carbocycles. The van der Waals surface area contributed by atoms with Crippen molar-refractivity contribution in [1.29, 1.82) is 0 Å². The molecule has 0 spiro atoms. The molecule has 34 heavy (non-hydrogen) atoms. The van der Waals surface area contributed by atoms with Crippen molar-refractivity contribution in [1.82, 2.24) is 9.55 Å². The fraction of sp³-hybridized carbons (Fsp3) is 0.0800. The molecule has 172 valence electrons. The number of benzene rings is 2. The van der Waals surface area contributed by atoms with Gasteiger partial charge in [-0.05, 0) is 48.9 Å². The average molecular weight is 460 g/mol. The molecule has 2 heterocycles. The highest BCUT2D eigenvalue weighted by Crippen LogP contribution is 2.27. The van der Waals surface area contributed by atoms with Crippen LogP contribution in [0.4, 0.5) is 25.4 Å².